The van der Waals surface area contributed by atoms with Crippen molar-refractivity contribution in [3.05, 3.63) is 66.2 Å². The second kappa shape index (κ2) is 7.21. The maximum Gasteiger partial charge on any atom is 0.416 e. The Morgan fingerprint density at radius 1 is 1.07 bits per heavy atom. The van der Waals surface area contributed by atoms with E-state index in [1.165, 1.54) is 24.1 Å². The molecule has 154 valence electrons. The molecule has 2 aromatic carbocycles. The summed E-state index contributed by atoms with van der Waals surface area (Å²) in [7, 11) is 1.86. The van der Waals surface area contributed by atoms with Crippen molar-refractivity contribution in [1.29, 1.82) is 0 Å². The van der Waals surface area contributed by atoms with E-state index in [1.807, 2.05) is 29.9 Å². The molecule has 0 aliphatic carbocycles. The van der Waals surface area contributed by atoms with E-state index in [0.717, 1.165) is 64.4 Å². The Hall–Kier alpha value is -2.71. The average molecular weight is 428 g/mol. The number of hydrogen-bond donors (Lipinski definition) is 1. The number of nitrogens with zero attached hydrogens (tertiary/aromatic N) is 3. The Bertz CT molecular complexity index is 1200. The summed E-state index contributed by atoms with van der Waals surface area (Å²) in [6, 6.07) is 11.4. The predicted octanol–water partition coefficient (Wildman–Crippen LogP) is 5.69. The first kappa shape index (κ1) is 19.3. The number of halogens is 3. The third-order valence-corrected chi connectivity index (χ3v) is 6.10. The largest absolute Gasteiger partial charge is 0.416 e. The van der Waals surface area contributed by atoms with E-state index in [-0.39, 0.29) is 0 Å². The molecule has 0 fully saturated rings. The van der Waals surface area contributed by atoms with Gasteiger partial charge < -0.3 is 9.13 Å². The molecule has 1 aliphatic heterocycles. The fourth-order valence-corrected chi connectivity index (χ4v) is 4.55. The van der Waals surface area contributed by atoms with Crippen LogP contribution in [0.25, 0.3) is 27.8 Å². The Morgan fingerprint density at radius 2 is 1.87 bits per heavy atom. The number of aromatic nitrogens is 3. The lowest BCUT2D eigenvalue weighted by Gasteiger charge is -2.09. The molecule has 0 saturated heterocycles. The van der Waals surface area contributed by atoms with Crippen LogP contribution < -0.4 is 4.72 Å². The summed E-state index contributed by atoms with van der Waals surface area (Å²) in [5.74, 6) is 1.08. The number of rotatable bonds is 4. The fraction of sp³-hybridized carbons (Fsp3) is 0.227. The number of hydrogen-bond acceptors (Lipinski definition) is 3. The predicted molar refractivity (Wildman–Crippen MR) is 113 cm³/mol. The van der Waals surface area contributed by atoms with E-state index in [2.05, 4.69) is 21.6 Å². The third kappa shape index (κ3) is 3.30. The van der Waals surface area contributed by atoms with Gasteiger partial charge in [0.2, 0.25) is 0 Å². The van der Waals surface area contributed by atoms with Crippen LogP contribution in [0.4, 0.5) is 13.2 Å². The maximum atomic E-state index is 13.0. The topological polar surface area (TPSA) is 34.8 Å². The molecule has 0 amide bonds. The molecule has 0 radical (unpaired) electrons. The highest BCUT2D eigenvalue weighted by atomic mass is 32.2. The second-order valence-electron chi connectivity index (χ2n) is 7.28. The summed E-state index contributed by atoms with van der Waals surface area (Å²) < 4.78 is 46.1. The molecule has 30 heavy (non-hydrogen) atoms. The molecule has 0 unspecified atom stereocenters. The number of fused-ring (bicyclic) bond motifs is 2. The van der Waals surface area contributed by atoms with Crippen molar-refractivity contribution in [2.75, 3.05) is 7.05 Å². The molecule has 0 bridgehead atoms. The van der Waals surface area contributed by atoms with Crippen molar-refractivity contribution in [2.45, 2.75) is 30.5 Å². The molecule has 2 aromatic heterocycles. The van der Waals surface area contributed by atoms with Gasteiger partial charge in [0, 0.05) is 46.9 Å². The lowest BCUT2D eigenvalue weighted by molar-refractivity contribution is -0.137. The van der Waals surface area contributed by atoms with E-state index in [1.54, 1.807) is 0 Å². The zero-order valence-corrected chi connectivity index (χ0v) is 17.0. The number of alkyl halides is 3. The van der Waals surface area contributed by atoms with E-state index >= 15 is 0 Å². The van der Waals surface area contributed by atoms with E-state index in [0.29, 0.717) is 5.69 Å². The van der Waals surface area contributed by atoms with E-state index < -0.39 is 11.7 Å². The van der Waals surface area contributed by atoms with Gasteiger partial charge in [0.15, 0.2) is 0 Å². The van der Waals surface area contributed by atoms with Crippen molar-refractivity contribution in [1.82, 2.24) is 18.8 Å². The third-order valence-electron chi connectivity index (χ3n) is 5.40. The zero-order chi connectivity index (χ0) is 20.9. The SMILES string of the molecule is CNSc1ccc2c(c1)c(-c1cn3c(n1)CCC3)cn2-c1ccc(C(F)(F)F)cc1. The molecular formula is C22H19F3N4S. The summed E-state index contributed by atoms with van der Waals surface area (Å²) in [5, 5.41) is 1.02. The standard InChI is InChI=1S/C22H19F3N4S/c1-26-30-16-8-9-20-17(11-16)18(19-13-28-10-2-3-21(28)27-19)12-29(20)15-6-4-14(5-7-15)22(23,24)25/h4-9,11-13,26H,2-3,10H2,1H3. The lowest BCUT2D eigenvalue weighted by atomic mass is 10.1. The monoisotopic (exact) mass is 428 g/mol. The first-order valence-corrected chi connectivity index (χ1v) is 10.5. The van der Waals surface area contributed by atoms with Gasteiger partial charge in [-0.25, -0.2) is 4.98 Å². The minimum absolute atomic E-state index is 0.652. The van der Waals surface area contributed by atoms with Gasteiger partial charge in [-0.1, -0.05) is 0 Å². The van der Waals surface area contributed by atoms with Gasteiger partial charge in [-0.2, -0.15) is 13.2 Å². The summed E-state index contributed by atoms with van der Waals surface area (Å²) in [4.78, 5) is 5.88. The molecule has 4 aromatic rings. The van der Waals surface area contributed by atoms with Crippen LogP contribution in [-0.2, 0) is 19.1 Å². The number of imidazole rings is 1. The molecule has 0 atom stereocenters. The van der Waals surface area contributed by atoms with Gasteiger partial charge in [0.25, 0.3) is 0 Å². The summed E-state index contributed by atoms with van der Waals surface area (Å²) in [6.07, 6.45) is 1.78. The van der Waals surface area contributed by atoms with Crippen molar-refractivity contribution in [2.24, 2.45) is 0 Å². The minimum Gasteiger partial charge on any atom is -0.334 e. The lowest BCUT2D eigenvalue weighted by Crippen LogP contribution is -2.04. The van der Waals surface area contributed by atoms with Gasteiger partial charge >= 0.3 is 6.18 Å². The molecule has 3 heterocycles. The Morgan fingerprint density at radius 3 is 2.57 bits per heavy atom. The van der Waals surface area contributed by atoms with Crippen LogP contribution >= 0.6 is 11.9 Å². The highest BCUT2D eigenvalue weighted by Crippen LogP contribution is 2.36. The van der Waals surface area contributed by atoms with Crippen LogP contribution in [0, 0.1) is 0 Å². The van der Waals surface area contributed by atoms with Crippen molar-refractivity contribution in [3.8, 4) is 16.9 Å². The summed E-state index contributed by atoms with van der Waals surface area (Å²) in [5.41, 5.74) is 2.83. The average Bonchev–Trinajstić information content (AvgIpc) is 3.40. The van der Waals surface area contributed by atoms with Gasteiger partial charge in [0.1, 0.15) is 5.82 Å². The summed E-state index contributed by atoms with van der Waals surface area (Å²) >= 11 is 1.52. The smallest absolute Gasteiger partial charge is 0.334 e. The molecule has 1 aliphatic rings. The van der Waals surface area contributed by atoms with Crippen LogP contribution in [-0.4, -0.2) is 21.2 Å². The highest BCUT2D eigenvalue weighted by Gasteiger charge is 2.30. The first-order chi connectivity index (χ1) is 14.4. The van der Waals surface area contributed by atoms with E-state index in [4.69, 9.17) is 4.98 Å². The zero-order valence-electron chi connectivity index (χ0n) is 16.2. The number of benzene rings is 2. The van der Waals surface area contributed by atoms with Crippen LogP contribution in [0.3, 0.4) is 0 Å². The van der Waals surface area contributed by atoms with Gasteiger partial charge in [0.05, 0.1) is 16.8 Å². The Balaban J connectivity index is 1.66. The normalized spacial score (nSPS) is 13.9. The number of nitrogens with one attached hydrogen (secondary N) is 1. The molecule has 4 nitrogen and oxygen atoms in total. The van der Waals surface area contributed by atoms with Crippen molar-refractivity contribution >= 4 is 22.9 Å². The van der Waals surface area contributed by atoms with Gasteiger partial charge in [-0.15, -0.1) is 0 Å². The Labute approximate surface area is 175 Å². The van der Waals surface area contributed by atoms with Gasteiger partial charge in [-0.3, -0.25) is 4.72 Å². The summed E-state index contributed by atoms with van der Waals surface area (Å²) in [6.45, 7) is 0.973. The molecule has 0 saturated carbocycles. The minimum atomic E-state index is -4.35. The fourth-order valence-electron chi connectivity index (χ4n) is 4.00. The van der Waals surface area contributed by atoms with Crippen LogP contribution in [0.15, 0.2) is 59.8 Å². The van der Waals surface area contributed by atoms with Crippen LogP contribution in [0.1, 0.15) is 17.8 Å². The van der Waals surface area contributed by atoms with E-state index in [9.17, 15) is 13.2 Å². The van der Waals surface area contributed by atoms with Gasteiger partial charge in [-0.05, 0) is 67.9 Å². The van der Waals surface area contributed by atoms with Crippen molar-refractivity contribution in [3.63, 3.8) is 0 Å². The molecular weight excluding hydrogens is 409 g/mol. The maximum absolute atomic E-state index is 13.0. The second-order valence-corrected chi connectivity index (χ2v) is 8.37. The molecule has 1 N–H and O–H groups in total. The highest BCUT2D eigenvalue weighted by molar-refractivity contribution is 7.97. The number of aryl methyl sites for hydroxylation is 2. The van der Waals surface area contributed by atoms with Crippen LogP contribution in [0.2, 0.25) is 0 Å². The van der Waals surface area contributed by atoms with Crippen molar-refractivity contribution < 1.29 is 13.2 Å². The molecule has 8 heteroatoms. The Kier molecular flexibility index (Phi) is 4.63. The first-order valence-electron chi connectivity index (χ1n) is 9.67. The quantitative estimate of drug-likeness (QED) is 0.425. The van der Waals surface area contributed by atoms with Crippen LogP contribution in [0.5, 0.6) is 0 Å². The molecule has 0 spiro atoms. The molecule has 5 rings (SSSR count).